The molecule has 2 heterocycles. The minimum atomic E-state index is -0.178. The summed E-state index contributed by atoms with van der Waals surface area (Å²) in [5.41, 5.74) is 2.53. The molecule has 0 amide bonds. The molecule has 1 atom stereocenters. The zero-order valence-corrected chi connectivity index (χ0v) is 12.8. The highest BCUT2D eigenvalue weighted by molar-refractivity contribution is 5.32. The Balaban J connectivity index is 2.47. The van der Waals surface area contributed by atoms with Crippen LogP contribution >= 0.6 is 0 Å². The van der Waals surface area contributed by atoms with Gasteiger partial charge in [0, 0.05) is 5.69 Å². The third kappa shape index (κ3) is 3.46. The lowest BCUT2D eigenvalue weighted by Crippen LogP contribution is -2.25. The number of methoxy groups -OCH3 is 2. The third-order valence-corrected chi connectivity index (χ3v) is 3.03. The minimum absolute atomic E-state index is 0.178. The van der Waals surface area contributed by atoms with Gasteiger partial charge in [-0.1, -0.05) is 13.0 Å². The van der Waals surface area contributed by atoms with Gasteiger partial charge < -0.3 is 14.8 Å². The molecule has 0 fully saturated rings. The standard InChI is InChI=1S/C15H20N4O2/c1-5-16-13(11-8-6-7-10(2)18-11)14-15(21-4)19-12(20-3)9-17-14/h6-9,13,16H,5H2,1-4H3. The Kier molecular flexibility index (Phi) is 5.05. The van der Waals surface area contributed by atoms with Gasteiger partial charge in [-0.15, -0.1) is 0 Å². The van der Waals surface area contributed by atoms with E-state index in [9.17, 15) is 0 Å². The molecule has 21 heavy (non-hydrogen) atoms. The summed E-state index contributed by atoms with van der Waals surface area (Å²) in [5, 5.41) is 3.37. The Labute approximate surface area is 124 Å². The van der Waals surface area contributed by atoms with Crippen molar-refractivity contribution in [2.24, 2.45) is 0 Å². The van der Waals surface area contributed by atoms with Gasteiger partial charge in [-0.05, 0) is 25.6 Å². The van der Waals surface area contributed by atoms with Crippen molar-refractivity contribution in [1.82, 2.24) is 20.3 Å². The smallest absolute Gasteiger partial charge is 0.240 e. The van der Waals surface area contributed by atoms with Crippen LogP contribution in [0.3, 0.4) is 0 Å². The molecule has 1 unspecified atom stereocenters. The third-order valence-electron chi connectivity index (χ3n) is 3.03. The van der Waals surface area contributed by atoms with Crippen molar-refractivity contribution in [3.63, 3.8) is 0 Å². The van der Waals surface area contributed by atoms with Gasteiger partial charge in [0.15, 0.2) is 0 Å². The highest BCUT2D eigenvalue weighted by Crippen LogP contribution is 2.27. The van der Waals surface area contributed by atoms with Crippen LogP contribution < -0.4 is 14.8 Å². The number of hydrogen-bond acceptors (Lipinski definition) is 6. The van der Waals surface area contributed by atoms with Crippen molar-refractivity contribution in [3.05, 3.63) is 41.5 Å². The molecule has 0 aliphatic rings. The van der Waals surface area contributed by atoms with Gasteiger partial charge in [0.25, 0.3) is 0 Å². The van der Waals surface area contributed by atoms with Gasteiger partial charge in [-0.2, -0.15) is 4.98 Å². The first-order chi connectivity index (χ1) is 10.2. The zero-order chi connectivity index (χ0) is 15.2. The van der Waals surface area contributed by atoms with Gasteiger partial charge in [-0.25, -0.2) is 4.98 Å². The van der Waals surface area contributed by atoms with Crippen molar-refractivity contribution in [2.45, 2.75) is 19.9 Å². The van der Waals surface area contributed by atoms with Crippen LogP contribution in [-0.2, 0) is 0 Å². The molecule has 0 radical (unpaired) electrons. The van der Waals surface area contributed by atoms with E-state index in [4.69, 9.17) is 9.47 Å². The van der Waals surface area contributed by atoms with Crippen LogP contribution in [0.1, 0.15) is 30.0 Å². The molecule has 6 heteroatoms. The molecule has 112 valence electrons. The summed E-state index contributed by atoms with van der Waals surface area (Å²) in [7, 11) is 3.12. The average Bonchev–Trinajstić information content (AvgIpc) is 2.52. The molecule has 2 aromatic rings. The lowest BCUT2D eigenvalue weighted by molar-refractivity contribution is 0.352. The molecule has 0 saturated heterocycles. The molecule has 2 aromatic heterocycles. The number of nitrogens with one attached hydrogen (secondary N) is 1. The fourth-order valence-electron chi connectivity index (χ4n) is 2.08. The molecule has 6 nitrogen and oxygen atoms in total. The maximum absolute atomic E-state index is 5.35. The summed E-state index contributed by atoms with van der Waals surface area (Å²) >= 11 is 0. The Bertz CT molecular complexity index is 604. The van der Waals surface area contributed by atoms with E-state index in [-0.39, 0.29) is 6.04 Å². The maximum Gasteiger partial charge on any atom is 0.240 e. The van der Waals surface area contributed by atoms with Crippen molar-refractivity contribution >= 4 is 0 Å². The first kappa shape index (κ1) is 15.2. The SMILES string of the molecule is CCNC(c1cccc(C)n1)c1ncc(OC)nc1OC. The lowest BCUT2D eigenvalue weighted by Gasteiger charge is -2.19. The molecular formula is C15H20N4O2. The summed E-state index contributed by atoms with van der Waals surface area (Å²) in [6.07, 6.45) is 1.58. The quantitative estimate of drug-likeness (QED) is 0.875. The largest absolute Gasteiger partial charge is 0.480 e. The molecule has 2 rings (SSSR count). The van der Waals surface area contributed by atoms with Crippen molar-refractivity contribution in [3.8, 4) is 11.8 Å². The average molecular weight is 288 g/mol. The summed E-state index contributed by atoms with van der Waals surface area (Å²) in [6, 6.07) is 5.73. The lowest BCUT2D eigenvalue weighted by atomic mass is 10.1. The van der Waals surface area contributed by atoms with E-state index >= 15 is 0 Å². The van der Waals surface area contributed by atoms with Crippen molar-refractivity contribution in [2.75, 3.05) is 20.8 Å². The summed E-state index contributed by atoms with van der Waals surface area (Å²) in [5.74, 6) is 0.853. The van der Waals surface area contributed by atoms with Crippen LogP contribution in [0.5, 0.6) is 11.8 Å². The van der Waals surface area contributed by atoms with E-state index in [0.29, 0.717) is 17.5 Å². The van der Waals surface area contributed by atoms with E-state index in [1.54, 1.807) is 20.4 Å². The predicted molar refractivity (Wildman–Crippen MR) is 79.6 cm³/mol. The molecule has 0 aliphatic carbocycles. The van der Waals surface area contributed by atoms with Gasteiger partial charge in [-0.3, -0.25) is 4.98 Å². The molecule has 1 N–H and O–H groups in total. The van der Waals surface area contributed by atoms with Crippen LogP contribution in [0.25, 0.3) is 0 Å². The Morgan fingerprint density at radius 1 is 1.19 bits per heavy atom. The van der Waals surface area contributed by atoms with Gasteiger partial charge >= 0.3 is 0 Å². The van der Waals surface area contributed by atoms with Gasteiger partial charge in [0.2, 0.25) is 11.8 Å². The van der Waals surface area contributed by atoms with Crippen LogP contribution in [0.2, 0.25) is 0 Å². The Hall–Kier alpha value is -2.21. The van der Waals surface area contributed by atoms with Crippen LogP contribution in [0, 0.1) is 6.92 Å². The minimum Gasteiger partial charge on any atom is -0.480 e. The van der Waals surface area contributed by atoms with E-state index in [1.165, 1.54) is 0 Å². The normalized spacial score (nSPS) is 12.0. The van der Waals surface area contributed by atoms with E-state index < -0.39 is 0 Å². The van der Waals surface area contributed by atoms with Gasteiger partial charge in [0.05, 0.1) is 32.2 Å². The summed E-state index contributed by atoms with van der Waals surface area (Å²) in [6.45, 7) is 4.77. The summed E-state index contributed by atoms with van der Waals surface area (Å²) in [4.78, 5) is 13.3. The summed E-state index contributed by atoms with van der Waals surface area (Å²) < 4.78 is 10.4. The molecule has 0 bridgehead atoms. The van der Waals surface area contributed by atoms with E-state index in [0.717, 1.165) is 17.9 Å². The highest BCUT2D eigenvalue weighted by atomic mass is 16.5. The number of hydrogen-bond donors (Lipinski definition) is 1. The second kappa shape index (κ2) is 6.99. The second-order valence-electron chi connectivity index (χ2n) is 4.50. The molecule has 0 spiro atoms. The van der Waals surface area contributed by atoms with Crippen molar-refractivity contribution < 1.29 is 9.47 Å². The number of aromatic nitrogens is 3. The highest BCUT2D eigenvalue weighted by Gasteiger charge is 2.22. The number of rotatable bonds is 6. The second-order valence-corrected chi connectivity index (χ2v) is 4.50. The fourth-order valence-corrected chi connectivity index (χ4v) is 2.08. The Morgan fingerprint density at radius 3 is 2.62 bits per heavy atom. The molecular weight excluding hydrogens is 268 g/mol. The number of ether oxygens (including phenoxy) is 2. The molecule has 0 saturated carbocycles. The van der Waals surface area contributed by atoms with Gasteiger partial charge in [0.1, 0.15) is 5.69 Å². The molecule has 0 aliphatic heterocycles. The van der Waals surface area contributed by atoms with E-state index in [2.05, 4.69) is 20.3 Å². The first-order valence-corrected chi connectivity index (χ1v) is 6.81. The van der Waals surface area contributed by atoms with Crippen LogP contribution in [0.4, 0.5) is 0 Å². The number of nitrogens with zero attached hydrogens (tertiary/aromatic N) is 3. The Morgan fingerprint density at radius 2 is 2.00 bits per heavy atom. The number of pyridine rings is 1. The first-order valence-electron chi connectivity index (χ1n) is 6.81. The maximum atomic E-state index is 5.35. The van der Waals surface area contributed by atoms with Crippen LogP contribution in [-0.4, -0.2) is 35.7 Å². The molecule has 0 aromatic carbocycles. The predicted octanol–water partition coefficient (Wildman–Crippen LogP) is 1.90. The zero-order valence-electron chi connectivity index (χ0n) is 12.8. The monoisotopic (exact) mass is 288 g/mol. The van der Waals surface area contributed by atoms with Crippen molar-refractivity contribution in [1.29, 1.82) is 0 Å². The topological polar surface area (TPSA) is 69.2 Å². The fraction of sp³-hybridized carbons (Fsp3) is 0.400. The van der Waals surface area contributed by atoms with Crippen LogP contribution in [0.15, 0.2) is 24.4 Å². The van der Waals surface area contributed by atoms with E-state index in [1.807, 2.05) is 32.0 Å². The number of aryl methyl sites for hydroxylation is 1.